The maximum absolute atomic E-state index is 10.8. The van der Waals surface area contributed by atoms with Gasteiger partial charge < -0.3 is 29.2 Å². The first-order valence-electron chi connectivity index (χ1n) is 8.68. The molecular weight excluding hydrogens is 324 g/mol. The molecular formula is C19H28O6. The molecule has 6 heteroatoms. The third kappa shape index (κ3) is 4.05. The Balaban J connectivity index is 1.80. The maximum atomic E-state index is 10.8. The van der Waals surface area contributed by atoms with Crippen LogP contribution < -0.4 is 0 Å². The van der Waals surface area contributed by atoms with E-state index in [0.717, 1.165) is 11.1 Å². The fraction of sp³-hybridized carbons (Fsp3) is 0.684. The van der Waals surface area contributed by atoms with E-state index in [1.807, 2.05) is 31.2 Å². The lowest BCUT2D eigenvalue weighted by Gasteiger charge is -2.29. The van der Waals surface area contributed by atoms with E-state index < -0.39 is 42.1 Å². The van der Waals surface area contributed by atoms with Crippen LogP contribution in [0.4, 0.5) is 0 Å². The molecule has 1 unspecified atom stereocenters. The highest BCUT2D eigenvalue weighted by Crippen LogP contribution is 2.39. The molecule has 2 N–H and O–H groups in total. The van der Waals surface area contributed by atoms with Crippen LogP contribution in [0.25, 0.3) is 0 Å². The highest BCUT2D eigenvalue weighted by Gasteiger charge is 2.52. The molecule has 3 rings (SSSR count). The highest BCUT2D eigenvalue weighted by molar-refractivity contribution is 5.24. The van der Waals surface area contributed by atoms with Crippen LogP contribution in [-0.2, 0) is 18.9 Å². The number of benzene rings is 1. The topological polar surface area (TPSA) is 77.4 Å². The van der Waals surface area contributed by atoms with E-state index in [1.54, 1.807) is 27.7 Å². The Hall–Kier alpha value is -1.02. The summed E-state index contributed by atoms with van der Waals surface area (Å²) in [6, 6.07) is 7.58. The van der Waals surface area contributed by atoms with E-state index in [-0.39, 0.29) is 6.61 Å². The van der Waals surface area contributed by atoms with Gasteiger partial charge in [-0.15, -0.1) is 0 Å². The number of aliphatic hydroxyl groups is 2. The minimum atomic E-state index is -0.978. The summed E-state index contributed by atoms with van der Waals surface area (Å²) in [6.45, 7) is 9.39. The summed E-state index contributed by atoms with van der Waals surface area (Å²) in [5.74, 6) is -1.65. The average molecular weight is 352 g/mol. The van der Waals surface area contributed by atoms with Gasteiger partial charge in [0.2, 0.25) is 0 Å². The molecule has 140 valence electrons. The minimum absolute atomic E-state index is 0.266. The predicted octanol–water partition coefficient (Wildman–Crippen LogP) is 2.06. The zero-order valence-electron chi connectivity index (χ0n) is 15.4. The number of aliphatic hydroxyl groups excluding tert-OH is 2. The summed E-state index contributed by atoms with van der Waals surface area (Å²) >= 11 is 0. The number of hydrogen-bond donors (Lipinski definition) is 2. The van der Waals surface area contributed by atoms with E-state index in [0.29, 0.717) is 0 Å². The number of ether oxygens (including phenoxy) is 4. The second kappa shape index (κ2) is 6.61. The molecule has 0 aromatic heterocycles. The van der Waals surface area contributed by atoms with Crippen LogP contribution >= 0.6 is 0 Å². The summed E-state index contributed by atoms with van der Waals surface area (Å²) in [6.07, 6.45) is -3.87. The molecule has 2 aliphatic rings. The zero-order valence-corrected chi connectivity index (χ0v) is 15.4. The highest BCUT2D eigenvalue weighted by atomic mass is 16.8. The summed E-state index contributed by atoms with van der Waals surface area (Å²) in [4.78, 5) is 0. The molecule has 2 saturated heterocycles. The molecule has 6 nitrogen and oxygen atoms in total. The monoisotopic (exact) mass is 352 g/mol. The first-order chi connectivity index (χ1) is 11.6. The molecule has 1 aromatic rings. The van der Waals surface area contributed by atoms with Crippen LogP contribution in [0.5, 0.6) is 0 Å². The van der Waals surface area contributed by atoms with Crippen molar-refractivity contribution in [2.75, 3.05) is 6.61 Å². The standard InChI is InChI=1S/C19H28O6/c1-11-6-8-12(9-7-11)14(20)16-17(25-19(4,5)24-16)15(21)13-10-22-18(2,3)23-13/h6-9,13-17,20-21H,10H2,1-5H3/t13-,14?,15-,16-,17+/m1/s1. The van der Waals surface area contributed by atoms with Gasteiger partial charge in [-0.2, -0.15) is 0 Å². The molecule has 0 radical (unpaired) electrons. The van der Waals surface area contributed by atoms with Gasteiger partial charge in [0, 0.05) is 0 Å². The SMILES string of the molecule is Cc1ccc(C(O)[C@H]2OC(C)(C)O[C@H]2[C@H](O)[C@H]2COC(C)(C)O2)cc1. The van der Waals surface area contributed by atoms with Gasteiger partial charge in [-0.3, -0.25) is 0 Å². The van der Waals surface area contributed by atoms with Crippen molar-refractivity contribution in [3.63, 3.8) is 0 Å². The van der Waals surface area contributed by atoms with Gasteiger partial charge in [-0.05, 0) is 40.2 Å². The van der Waals surface area contributed by atoms with Gasteiger partial charge in [0.15, 0.2) is 11.6 Å². The second-order valence-electron chi connectivity index (χ2n) is 7.78. The van der Waals surface area contributed by atoms with Gasteiger partial charge in [-0.1, -0.05) is 29.8 Å². The van der Waals surface area contributed by atoms with E-state index in [1.165, 1.54) is 0 Å². The Morgan fingerprint density at radius 2 is 1.52 bits per heavy atom. The largest absolute Gasteiger partial charge is 0.387 e. The van der Waals surface area contributed by atoms with Crippen molar-refractivity contribution in [1.29, 1.82) is 0 Å². The lowest BCUT2D eigenvalue weighted by Crippen LogP contribution is -2.46. The van der Waals surface area contributed by atoms with E-state index in [2.05, 4.69) is 0 Å². The van der Waals surface area contributed by atoms with Crippen molar-refractivity contribution in [2.45, 2.75) is 76.7 Å². The van der Waals surface area contributed by atoms with Crippen molar-refractivity contribution in [1.82, 2.24) is 0 Å². The van der Waals surface area contributed by atoms with Crippen molar-refractivity contribution in [3.05, 3.63) is 35.4 Å². The molecule has 0 bridgehead atoms. The van der Waals surface area contributed by atoms with Crippen molar-refractivity contribution in [2.24, 2.45) is 0 Å². The van der Waals surface area contributed by atoms with Gasteiger partial charge in [0.1, 0.15) is 30.5 Å². The number of hydrogen-bond acceptors (Lipinski definition) is 6. The van der Waals surface area contributed by atoms with Crippen molar-refractivity contribution >= 4 is 0 Å². The summed E-state index contributed by atoms with van der Waals surface area (Å²) in [7, 11) is 0. The van der Waals surface area contributed by atoms with Gasteiger partial charge >= 0.3 is 0 Å². The molecule has 0 spiro atoms. The number of rotatable bonds is 4. The maximum Gasteiger partial charge on any atom is 0.164 e. The zero-order chi connectivity index (χ0) is 18.4. The van der Waals surface area contributed by atoms with Crippen LogP contribution in [0.2, 0.25) is 0 Å². The normalized spacial score (nSPS) is 33.3. The predicted molar refractivity (Wildman–Crippen MR) is 90.9 cm³/mol. The molecule has 2 fully saturated rings. The second-order valence-corrected chi connectivity index (χ2v) is 7.78. The van der Waals surface area contributed by atoms with Gasteiger partial charge in [0.25, 0.3) is 0 Å². The van der Waals surface area contributed by atoms with Crippen molar-refractivity contribution in [3.8, 4) is 0 Å². The quantitative estimate of drug-likeness (QED) is 0.864. The fourth-order valence-electron chi connectivity index (χ4n) is 3.37. The molecule has 2 heterocycles. The lowest BCUT2D eigenvalue weighted by atomic mass is 9.95. The van der Waals surface area contributed by atoms with E-state index in [4.69, 9.17) is 18.9 Å². The van der Waals surface area contributed by atoms with Gasteiger partial charge in [0.05, 0.1) is 6.61 Å². The molecule has 2 aliphatic heterocycles. The number of aryl methyl sites for hydroxylation is 1. The minimum Gasteiger partial charge on any atom is -0.387 e. The third-order valence-corrected chi connectivity index (χ3v) is 4.64. The van der Waals surface area contributed by atoms with E-state index >= 15 is 0 Å². The Bertz CT molecular complexity index is 596. The average Bonchev–Trinajstić information content (AvgIpc) is 3.05. The van der Waals surface area contributed by atoms with Crippen LogP contribution in [0.1, 0.15) is 44.9 Å². The Morgan fingerprint density at radius 3 is 2.08 bits per heavy atom. The van der Waals surface area contributed by atoms with Crippen LogP contribution in [0.3, 0.4) is 0 Å². The van der Waals surface area contributed by atoms with Gasteiger partial charge in [-0.25, -0.2) is 0 Å². The first-order valence-corrected chi connectivity index (χ1v) is 8.68. The Labute approximate surface area is 148 Å². The van der Waals surface area contributed by atoms with Crippen LogP contribution in [-0.4, -0.2) is 52.8 Å². The molecule has 1 aromatic carbocycles. The van der Waals surface area contributed by atoms with Crippen LogP contribution in [0.15, 0.2) is 24.3 Å². The fourth-order valence-corrected chi connectivity index (χ4v) is 3.37. The smallest absolute Gasteiger partial charge is 0.164 e. The lowest BCUT2D eigenvalue weighted by molar-refractivity contribution is -0.179. The van der Waals surface area contributed by atoms with Crippen molar-refractivity contribution < 1.29 is 29.2 Å². The molecule has 5 atom stereocenters. The Kier molecular flexibility index (Phi) is 4.96. The molecule has 0 saturated carbocycles. The summed E-state index contributed by atoms with van der Waals surface area (Å²) < 4.78 is 23.1. The summed E-state index contributed by atoms with van der Waals surface area (Å²) in [5, 5.41) is 21.6. The molecule has 0 aliphatic carbocycles. The van der Waals surface area contributed by atoms with Crippen LogP contribution in [0, 0.1) is 6.92 Å². The third-order valence-electron chi connectivity index (χ3n) is 4.64. The van der Waals surface area contributed by atoms with E-state index in [9.17, 15) is 10.2 Å². The summed E-state index contributed by atoms with van der Waals surface area (Å²) in [5.41, 5.74) is 1.83. The molecule has 0 amide bonds. The Morgan fingerprint density at radius 1 is 0.920 bits per heavy atom. The molecule has 25 heavy (non-hydrogen) atoms. The first kappa shape index (κ1) is 18.8.